The first-order valence-corrected chi connectivity index (χ1v) is 13.6. The van der Waals surface area contributed by atoms with Gasteiger partial charge in [0.2, 0.25) is 0 Å². The van der Waals surface area contributed by atoms with Gasteiger partial charge in [-0.3, -0.25) is 4.68 Å². The SMILES string of the molecule is CCCCc1nn(CC(F)(F)F)c(COCc2ccccc2)c1Cc1ccc(-c2ccccc2-c2nnn[nH]2)cc1. The Hall–Kier alpha value is -4.31. The summed E-state index contributed by atoms with van der Waals surface area (Å²) in [5.74, 6) is 0.572. The van der Waals surface area contributed by atoms with E-state index in [0.29, 0.717) is 36.7 Å². The molecule has 7 nitrogen and oxygen atoms in total. The number of nitrogens with zero attached hydrogens (tertiary/aromatic N) is 5. The number of hydrogen-bond donors (Lipinski definition) is 1. The van der Waals surface area contributed by atoms with E-state index in [4.69, 9.17) is 4.74 Å². The number of unbranched alkanes of at least 4 members (excludes halogenated alkanes) is 1. The van der Waals surface area contributed by atoms with Crippen molar-refractivity contribution in [2.24, 2.45) is 0 Å². The second kappa shape index (κ2) is 12.9. The molecule has 5 aromatic rings. The predicted molar refractivity (Wildman–Crippen MR) is 150 cm³/mol. The van der Waals surface area contributed by atoms with E-state index in [1.54, 1.807) is 0 Å². The van der Waals surface area contributed by atoms with Crippen LogP contribution in [0, 0.1) is 0 Å². The lowest BCUT2D eigenvalue weighted by Crippen LogP contribution is -2.21. The van der Waals surface area contributed by atoms with Gasteiger partial charge in [0.25, 0.3) is 0 Å². The Kier molecular flexibility index (Phi) is 8.88. The molecule has 5 rings (SSSR count). The van der Waals surface area contributed by atoms with Gasteiger partial charge in [0.15, 0.2) is 5.82 Å². The summed E-state index contributed by atoms with van der Waals surface area (Å²) in [6.45, 7) is 1.25. The van der Waals surface area contributed by atoms with Gasteiger partial charge in [-0.2, -0.15) is 18.3 Å². The van der Waals surface area contributed by atoms with Crippen LogP contribution in [0.3, 0.4) is 0 Å². The molecule has 0 saturated heterocycles. The van der Waals surface area contributed by atoms with E-state index in [-0.39, 0.29) is 6.61 Å². The average Bonchev–Trinajstić information content (AvgIpc) is 3.61. The summed E-state index contributed by atoms with van der Waals surface area (Å²) in [7, 11) is 0. The molecule has 0 aliphatic rings. The van der Waals surface area contributed by atoms with Crippen LogP contribution in [0.2, 0.25) is 0 Å². The van der Waals surface area contributed by atoms with E-state index in [0.717, 1.165) is 50.9 Å². The Labute approximate surface area is 236 Å². The Morgan fingerprint density at radius 2 is 1.59 bits per heavy atom. The monoisotopic (exact) mass is 560 g/mol. The normalized spacial score (nSPS) is 11.7. The summed E-state index contributed by atoms with van der Waals surface area (Å²) < 4.78 is 47.7. The van der Waals surface area contributed by atoms with Crippen molar-refractivity contribution in [3.05, 3.63) is 107 Å². The summed E-state index contributed by atoms with van der Waals surface area (Å²) in [4.78, 5) is 0. The second-order valence-electron chi connectivity index (χ2n) is 9.90. The van der Waals surface area contributed by atoms with Gasteiger partial charge in [0, 0.05) is 17.5 Å². The van der Waals surface area contributed by atoms with Crippen LogP contribution < -0.4 is 0 Å². The summed E-state index contributed by atoms with van der Waals surface area (Å²) in [5.41, 5.74) is 6.72. The molecular weight excluding hydrogens is 529 g/mol. The lowest BCUT2D eigenvalue weighted by molar-refractivity contribution is -0.143. The van der Waals surface area contributed by atoms with Crippen molar-refractivity contribution in [3.8, 4) is 22.5 Å². The number of rotatable bonds is 12. The maximum atomic E-state index is 13.6. The van der Waals surface area contributed by atoms with Gasteiger partial charge in [-0.05, 0) is 45.5 Å². The first-order chi connectivity index (χ1) is 19.9. The highest BCUT2D eigenvalue weighted by atomic mass is 19.4. The van der Waals surface area contributed by atoms with Crippen LogP contribution >= 0.6 is 0 Å². The number of aromatic amines is 1. The Bertz CT molecular complexity index is 1530. The zero-order valence-corrected chi connectivity index (χ0v) is 22.7. The molecule has 0 fully saturated rings. The maximum absolute atomic E-state index is 13.6. The lowest BCUT2D eigenvalue weighted by Gasteiger charge is -2.13. The number of aryl methyl sites for hydroxylation is 1. The molecule has 0 amide bonds. The van der Waals surface area contributed by atoms with Crippen molar-refractivity contribution >= 4 is 0 Å². The molecule has 0 atom stereocenters. The fourth-order valence-electron chi connectivity index (χ4n) is 4.86. The molecule has 212 valence electrons. The number of ether oxygens (including phenoxy) is 1. The van der Waals surface area contributed by atoms with E-state index < -0.39 is 12.7 Å². The Morgan fingerprint density at radius 3 is 2.27 bits per heavy atom. The van der Waals surface area contributed by atoms with E-state index >= 15 is 0 Å². The summed E-state index contributed by atoms with van der Waals surface area (Å²) in [6.07, 6.45) is -1.58. The highest BCUT2D eigenvalue weighted by Crippen LogP contribution is 2.31. The lowest BCUT2D eigenvalue weighted by atomic mass is 9.95. The number of benzene rings is 3. The van der Waals surface area contributed by atoms with Crippen LogP contribution in [0.4, 0.5) is 13.2 Å². The van der Waals surface area contributed by atoms with Crippen LogP contribution in [-0.4, -0.2) is 36.6 Å². The first kappa shape index (κ1) is 28.2. The maximum Gasteiger partial charge on any atom is 0.408 e. The van der Waals surface area contributed by atoms with Crippen molar-refractivity contribution in [2.75, 3.05) is 0 Å². The van der Waals surface area contributed by atoms with Crippen molar-refractivity contribution < 1.29 is 17.9 Å². The smallest absolute Gasteiger partial charge is 0.370 e. The minimum Gasteiger partial charge on any atom is -0.370 e. The number of alkyl halides is 3. The summed E-state index contributed by atoms with van der Waals surface area (Å²) in [5, 5.41) is 18.7. The van der Waals surface area contributed by atoms with Crippen molar-refractivity contribution in [1.29, 1.82) is 0 Å². The predicted octanol–water partition coefficient (Wildman–Crippen LogP) is 6.94. The molecule has 0 spiro atoms. The number of hydrogen-bond acceptors (Lipinski definition) is 5. The van der Waals surface area contributed by atoms with Crippen LogP contribution in [0.15, 0.2) is 78.9 Å². The van der Waals surface area contributed by atoms with E-state index in [1.807, 2.05) is 78.9 Å². The third-order valence-corrected chi connectivity index (χ3v) is 6.87. The fraction of sp³-hybridized carbons (Fsp3) is 0.290. The van der Waals surface area contributed by atoms with Crippen LogP contribution in [0.25, 0.3) is 22.5 Å². The van der Waals surface area contributed by atoms with Crippen LogP contribution in [0.5, 0.6) is 0 Å². The zero-order valence-electron chi connectivity index (χ0n) is 22.7. The second-order valence-corrected chi connectivity index (χ2v) is 9.90. The molecule has 10 heteroatoms. The fourth-order valence-corrected chi connectivity index (χ4v) is 4.86. The quantitative estimate of drug-likeness (QED) is 0.179. The number of halogens is 3. The third kappa shape index (κ3) is 7.26. The molecule has 1 N–H and O–H groups in total. The first-order valence-electron chi connectivity index (χ1n) is 13.6. The highest BCUT2D eigenvalue weighted by Gasteiger charge is 2.31. The molecule has 0 bridgehead atoms. The van der Waals surface area contributed by atoms with Gasteiger partial charge in [-0.15, -0.1) is 5.10 Å². The van der Waals surface area contributed by atoms with Crippen LogP contribution in [-0.2, 0) is 37.3 Å². The number of tetrazole rings is 1. The van der Waals surface area contributed by atoms with Crippen molar-refractivity contribution in [3.63, 3.8) is 0 Å². The molecule has 2 heterocycles. The molecule has 0 aliphatic heterocycles. The Balaban J connectivity index is 1.44. The van der Waals surface area contributed by atoms with Crippen LogP contribution in [0.1, 0.15) is 47.8 Å². The molecule has 0 unspecified atom stereocenters. The average molecular weight is 561 g/mol. The molecule has 3 aromatic carbocycles. The summed E-state index contributed by atoms with van der Waals surface area (Å²) >= 11 is 0. The summed E-state index contributed by atoms with van der Waals surface area (Å²) in [6, 6.07) is 25.4. The van der Waals surface area contributed by atoms with Gasteiger partial charge in [-0.1, -0.05) is 92.2 Å². The highest BCUT2D eigenvalue weighted by molar-refractivity contribution is 5.80. The minimum absolute atomic E-state index is 0.0378. The van der Waals surface area contributed by atoms with Crippen molar-refractivity contribution in [2.45, 2.75) is 58.5 Å². The number of H-pyrrole nitrogens is 1. The molecule has 0 saturated carbocycles. The largest absolute Gasteiger partial charge is 0.408 e. The number of nitrogens with one attached hydrogen (secondary N) is 1. The van der Waals surface area contributed by atoms with Gasteiger partial charge in [0.1, 0.15) is 6.54 Å². The van der Waals surface area contributed by atoms with Gasteiger partial charge >= 0.3 is 6.18 Å². The molecule has 41 heavy (non-hydrogen) atoms. The van der Waals surface area contributed by atoms with Gasteiger partial charge in [0.05, 0.1) is 24.6 Å². The van der Waals surface area contributed by atoms with E-state index in [2.05, 4.69) is 32.6 Å². The Morgan fingerprint density at radius 1 is 0.854 bits per heavy atom. The molecule has 0 aliphatic carbocycles. The van der Waals surface area contributed by atoms with E-state index in [9.17, 15) is 13.2 Å². The van der Waals surface area contributed by atoms with Gasteiger partial charge in [-0.25, -0.2) is 5.10 Å². The standard InChI is InChI=1S/C31H31F3N6O/c1-2-3-13-28-27(29(40(37-28)21-31(32,33)34)20-41-19-23-9-5-4-6-10-23)18-22-14-16-24(17-15-22)25-11-7-8-12-26(25)30-35-38-39-36-30/h4-12,14-17H,2-3,13,18-21H2,1H3,(H,35,36,38,39). The van der Waals surface area contributed by atoms with E-state index in [1.165, 1.54) is 0 Å². The molecule has 0 radical (unpaired) electrons. The minimum atomic E-state index is -4.40. The van der Waals surface area contributed by atoms with Crippen molar-refractivity contribution in [1.82, 2.24) is 30.4 Å². The van der Waals surface area contributed by atoms with Gasteiger partial charge < -0.3 is 4.74 Å². The topological polar surface area (TPSA) is 81.5 Å². The molecular formula is C31H31F3N6O. The number of aromatic nitrogens is 6. The third-order valence-electron chi connectivity index (χ3n) is 6.87. The molecule has 2 aromatic heterocycles. The zero-order chi connectivity index (χ0) is 28.7.